The van der Waals surface area contributed by atoms with Crippen molar-refractivity contribution in [2.24, 2.45) is 0 Å². The lowest BCUT2D eigenvalue weighted by molar-refractivity contribution is 0.147. The summed E-state index contributed by atoms with van der Waals surface area (Å²) in [5.74, 6) is 2.51. The van der Waals surface area contributed by atoms with Crippen LogP contribution < -0.4 is 0 Å². The molecule has 0 atom stereocenters. The Balaban J connectivity index is 2.27. The fourth-order valence-electron chi connectivity index (χ4n) is 2.16. The van der Waals surface area contributed by atoms with Gasteiger partial charge in [-0.1, -0.05) is 23.6 Å². The largest absolute Gasteiger partial charge is 0.298 e. The number of terminal acetylenes is 1. The second-order valence-corrected chi connectivity index (χ2v) is 6.24. The molecule has 0 spiro atoms. The summed E-state index contributed by atoms with van der Waals surface area (Å²) < 4.78 is 29.6. The minimum absolute atomic E-state index is 0.162. The fourth-order valence-corrected chi connectivity index (χ4v) is 3.36. The second-order valence-electron chi connectivity index (χ2n) is 4.70. The number of aryl methyl sites for hydroxylation is 1. The van der Waals surface area contributed by atoms with Gasteiger partial charge in [0.1, 0.15) is 5.60 Å². The van der Waals surface area contributed by atoms with Gasteiger partial charge in [0.05, 0.1) is 4.90 Å². The molecular formula is C14H16O3S. The van der Waals surface area contributed by atoms with Crippen LogP contribution in [0.5, 0.6) is 0 Å². The predicted octanol–water partition coefficient (Wildman–Crippen LogP) is 2.65. The van der Waals surface area contributed by atoms with Crippen molar-refractivity contribution in [3.05, 3.63) is 29.8 Å². The maximum atomic E-state index is 12.1. The lowest BCUT2D eigenvalue weighted by atomic mass is 10.1. The molecule has 0 N–H and O–H groups in total. The van der Waals surface area contributed by atoms with Crippen LogP contribution in [-0.2, 0) is 14.3 Å². The number of rotatable bonds is 3. The van der Waals surface area contributed by atoms with Crippen LogP contribution in [-0.4, -0.2) is 14.0 Å². The van der Waals surface area contributed by atoms with Gasteiger partial charge < -0.3 is 0 Å². The molecule has 0 heterocycles. The third-order valence-corrected chi connectivity index (χ3v) is 4.64. The van der Waals surface area contributed by atoms with Crippen molar-refractivity contribution in [2.45, 2.75) is 43.1 Å². The Labute approximate surface area is 108 Å². The summed E-state index contributed by atoms with van der Waals surface area (Å²) in [5.41, 5.74) is 0.0606. The van der Waals surface area contributed by atoms with Gasteiger partial charge in [0, 0.05) is 0 Å². The molecule has 1 aromatic carbocycles. The third kappa shape index (κ3) is 2.58. The Hall–Kier alpha value is -1.31. The number of hydrogen-bond acceptors (Lipinski definition) is 3. The van der Waals surface area contributed by atoms with Gasteiger partial charge in [-0.3, -0.25) is 0 Å². The van der Waals surface area contributed by atoms with E-state index in [9.17, 15) is 8.42 Å². The van der Waals surface area contributed by atoms with Gasteiger partial charge in [-0.15, -0.1) is 6.42 Å². The van der Waals surface area contributed by atoms with Crippen LogP contribution in [0.2, 0.25) is 0 Å². The highest BCUT2D eigenvalue weighted by Gasteiger charge is 2.38. The molecule has 4 heteroatoms. The van der Waals surface area contributed by atoms with Crippen LogP contribution in [0, 0.1) is 19.3 Å². The molecule has 3 nitrogen and oxygen atoms in total. The number of benzene rings is 1. The molecule has 96 valence electrons. The van der Waals surface area contributed by atoms with Crippen LogP contribution in [0.25, 0.3) is 0 Å². The summed E-state index contributed by atoms with van der Waals surface area (Å²) in [5, 5.41) is 0. The molecule has 1 saturated carbocycles. The van der Waals surface area contributed by atoms with Gasteiger partial charge in [-0.05, 0) is 44.7 Å². The average molecular weight is 264 g/mol. The van der Waals surface area contributed by atoms with E-state index in [2.05, 4.69) is 5.92 Å². The molecule has 0 aliphatic heterocycles. The van der Waals surface area contributed by atoms with Gasteiger partial charge in [0.15, 0.2) is 0 Å². The van der Waals surface area contributed by atoms with E-state index in [1.807, 2.05) is 6.92 Å². The van der Waals surface area contributed by atoms with Crippen molar-refractivity contribution in [3.63, 3.8) is 0 Å². The quantitative estimate of drug-likeness (QED) is 0.622. The van der Waals surface area contributed by atoms with E-state index in [1.54, 1.807) is 24.3 Å². The van der Waals surface area contributed by atoms with Gasteiger partial charge in [-0.2, -0.15) is 8.42 Å². The lowest BCUT2D eigenvalue weighted by Gasteiger charge is -2.22. The third-order valence-electron chi connectivity index (χ3n) is 3.25. The minimum Gasteiger partial charge on any atom is -0.247 e. The van der Waals surface area contributed by atoms with Crippen LogP contribution >= 0.6 is 0 Å². The van der Waals surface area contributed by atoms with E-state index in [4.69, 9.17) is 10.6 Å². The number of hydrogen-bond donors (Lipinski definition) is 0. The molecule has 0 bridgehead atoms. The van der Waals surface area contributed by atoms with Crippen molar-refractivity contribution >= 4 is 10.1 Å². The van der Waals surface area contributed by atoms with Gasteiger partial charge >= 0.3 is 0 Å². The van der Waals surface area contributed by atoms with E-state index >= 15 is 0 Å². The molecule has 0 saturated heterocycles. The Morgan fingerprint density at radius 3 is 2.28 bits per heavy atom. The van der Waals surface area contributed by atoms with E-state index in [0.717, 1.165) is 18.4 Å². The summed E-state index contributed by atoms with van der Waals surface area (Å²) >= 11 is 0. The Morgan fingerprint density at radius 2 is 1.78 bits per heavy atom. The lowest BCUT2D eigenvalue weighted by Crippen LogP contribution is -2.30. The first kappa shape index (κ1) is 13.1. The molecule has 0 unspecified atom stereocenters. The molecule has 0 radical (unpaired) electrons. The second kappa shape index (κ2) is 4.75. The Bertz CT molecular complexity index is 558. The Kier molecular flexibility index (Phi) is 3.47. The highest BCUT2D eigenvalue weighted by molar-refractivity contribution is 7.86. The van der Waals surface area contributed by atoms with E-state index < -0.39 is 15.7 Å². The fraction of sp³-hybridized carbons (Fsp3) is 0.429. The van der Waals surface area contributed by atoms with Gasteiger partial charge in [0.2, 0.25) is 0 Å². The highest BCUT2D eigenvalue weighted by atomic mass is 32.2. The van der Waals surface area contributed by atoms with Crippen molar-refractivity contribution in [3.8, 4) is 12.3 Å². The topological polar surface area (TPSA) is 43.4 Å². The minimum atomic E-state index is -3.77. The first-order valence-electron chi connectivity index (χ1n) is 5.98. The smallest absolute Gasteiger partial charge is 0.247 e. The van der Waals surface area contributed by atoms with E-state index in [0.29, 0.717) is 12.8 Å². The molecule has 1 fully saturated rings. The predicted molar refractivity (Wildman–Crippen MR) is 69.5 cm³/mol. The van der Waals surface area contributed by atoms with E-state index in [-0.39, 0.29) is 4.90 Å². The zero-order valence-electron chi connectivity index (χ0n) is 10.3. The van der Waals surface area contributed by atoms with Crippen LogP contribution in [0.4, 0.5) is 0 Å². The summed E-state index contributed by atoms with van der Waals surface area (Å²) in [6.07, 6.45) is 8.47. The maximum Gasteiger partial charge on any atom is 0.298 e. The SMILES string of the molecule is C#CC1(OS(=O)(=O)c2ccc(C)cc2)CCCC1. The summed E-state index contributed by atoms with van der Waals surface area (Å²) in [6, 6.07) is 6.58. The zero-order chi connectivity index (χ0) is 13.2. The highest BCUT2D eigenvalue weighted by Crippen LogP contribution is 2.35. The summed E-state index contributed by atoms with van der Waals surface area (Å²) in [6.45, 7) is 1.90. The first-order chi connectivity index (χ1) is 8.47. The van der Waals surface area contributed by atoms with Crippen LogP contribution in [0.1, 0.15) is 31.2 Å². The zero-order valence-corrected chi connectivity index (χ0v) is 11.2. The summed E-state index contributed by atoms with van der Waals surface area (Å²) in [7, 11) is -3.77. The van der Waals surface area contributed by atoms with Crippen LogP contribution in [0.3, 0.4) is 0 Å². The molecule has 0 amide bonds. The molecule has 1 aromatic rings. The normalized spacial score (nSPS) is 18.4. The summed E-state index contributed by atoms with van der Waals surface area (Å²) in [4.78, 5) is 0.162. The van der Waals surface area contributed by atoms with Crippen LogP contribution in [0.15, 0.2) is 29.2 Å². The average Bonchev–Trinajstić information content (AvgIpc) is 2.78. The molecule has 0 aromatic heterocycles. The molecule has 1 aliphatic rings. The van der Waals surface area contributed by atoms with Crippen molar-refractivity contribution in [2.75, 3.05) is 0 Å². The molecular weight excluding hydrogens is 248 g/mol. The standard InChI is InChI=1S/C14H16O3S/c1-3-14(10-4-5-11-14)17-18(15,16)13-8-6-12(2)7-9-13/h1,6-9H,4-5,10-11H2,2H3. The molecule has 1 aliphatic carbocycles. The molecule has 2 rings (SSSR count). The van der Waals surface area contributed by atoms with Gasteiger partial charge in [0.25, 0.3) is 10.1 Å². The van der Waals surface area contributed by atoms with Crippen molar-refractivity contribution in [1.29, 1.82) is 0 Å². The Morgan fingerprint density at radius 1 is 1.22 bits per heavy atom. The first-order valence-corrected chi connectivity index (χ1v) is 7.38. The maximum absolute atomic E-state index is 12.1. The molecule has 18 heavy (non-hydrogen) atoms. The van der Waals surface area contributed by atoms with E-state index in [1.165, 1.54) is 0 Å². The van der Waals surface area contributed by atoms with Crippen molar-refractivity contribution < 1.29 is 12.6 Å². The van der Waals surface area contributed by atoms with Gasteiger partial charge in [-0.25, -0.2) is 4.18 Å². The monoisotopic (exact) mass is 264 g/mol. The van der Waals surface area contributed by atoms with Crippen molar-refractivity contribution in [1.82, 2.24) is 0 Å².